The second-order valence-corrected chi connectivity index (χ2v) is 6.05. The first-order valence-electron chi connectivity index (χ1n) is 7.55. The van der Waals surface area contributed by atoms with Gasteiger partial charge in [0.05, 0.1) is 0 Å². The number of rotatable bonds is 7. The minimum Gasteiger partial charge on any atom is -0.352 e. The van der Waals surface area contributed by atoms with Crippen molar-refractivity contribution < 1.29 is 9.59 Å². The molecule has 0 aromatic heterocycles. The predicted molar refractivity (Wildman–Crippen MR) is 85.8 cm³/mol. The fraction of sp³-hybridized carbons (Fsp3) is 0.529. The molecule has 4 heteroatoms. The molecule has 0 atom stereocenters. The van der Waals surface area contributed by atoms with Crippen LogP contribution in [0.1, 0.15) is 46.1 Å². The van der Waals surface area contributed by atoms with Gasteiger partial charge in [0.25, 0.3) is 0 Å². The monoisotopic (exact) mass is 290 g/mol. The van der Waals surface area contributed by atoms with Gasteiger partial charge in [0, 0.05) is 24.6 Å². The molecule has 1 rings (SSSR count). The molecule has 0 aliphatic carbocycles. The third kappa shape index (κ3) is 6.93. The van der Waals surface area contributed by atoms with Gasteiger partial charge in [-0.25, -0.2) is 0 Å². The van der Waals surface area contributed by atoms with E-state index in [1.165, 1.54) is 0 Å². The second-order valence-electron chi connectivity index (χ2n) is 6.05. The first-order valence-corrected chi connectivity index (χ1v) is 7.55. The zero-order valence-electron chi connectivity index (χ0n) is 13.4. The molecule has 1 aromatic rings. The van der Waals surface area contributed by atoms with Gasteiger partial charge >= 0.3 is 0 Å². The Bertz CT molecular complexity index is 464. The molecule has 0 saturated heterocycles. The standard InChI is InChI=1S/C17H26N2O2/c1-12(2)5-10-16(20)18-11-14-6-8-15(9-7-14)19-17(21)13(3)4/h6-9,12-13H,5,10-11H2,1-4H3,(H,18,20)(H,19,21). The highest BCUT2D eigenvalue weighted by Crippen LogP contribution is 2.11. The van der Waals surface area contributed by atoms with E-state index < -0.39 is 0 Å². The van der Waals surface area contributed by atoms with Gasteiger partial charge in [-0.15, -0.1) is 0 Å². The molecule has 1 aromatic carbocycles. The molecule has 2 amide bonds. The Labute approximate surface area is 127 Å². The predicted octanol–water partition coefficient (Wildman–Crippen LogP) is 3.33. The third-order valence-electron chi connectivity index (χ3n) is 3.18. The van der Waals surface area contributed by atoms with Crippen molar-refractivity contribution in [3.63, 3.8) is 0 Å². The lowest BCUT2D eigenvalue weighted by Gasteiger charge is -2.09. The summed E-state index contributed by atoms with van der Waals surface area (Å²) in [5.74, 6) is 0.593. The van der Waals surface area contributed by atoms with Crippen molar-refractivity contribution in [3.05, 3.63) is 29.8 Å². The van der Waals surface area contributed by atoms with Crippen LogP contribution in [0, 0.1) is 11.8 Å². The van der Waals surface area contributed by atoms with E-state index in [0.29, 0.717) is 18.9 Å². The Morgan fingerprint density at radius 2 is 1.67 bits per heavy atom. The maximum absolute atomic E-state index is 11.6. The van der Waals surface area contributed by atoms with E-state index in [0.717, 1.165) is 17.7 Å². The van der Waals surface area contributed by atoms with Crippen LogP contribution in [0.2, 0.25) is 0 Å². The maximum Gasteiger partial charge on any atom is 0.226 e. The number of nitrogens with one attached hydrogen (secondary N) is 2. The summed E-state index contributed by atoms with van der Waals surface area (Å²) in [6, 6.07) is 7.54. The molecule has 0 spiro atoms. The number of hydrogen-bond acceptors (Lipinski definition) is 2. The van der Waals surface area contributed by atoms with Crippen molar-refractivity contribution in [2.75, 3.05) is 5.32 Å². The molecule has 0 heterocycles. The summed E-state index contributed by atoms with van der Waals surface area (Å²) in [6.07, 6.45) is 1.48. The van der Waals surface area contributed by atoms with Crippen LogP contribution in [0.4, 0.5) is 5.69 Å². The maximum atomic E-state index is 11.6. The highest BCUT2D eigenvalue weighted by molar-refractivity contribution is 5.92. The van der Waals surface area contributed by atoms with E-state index in [4.69, 9.17) is 0 Å². The van der Waals surface area contributed by atoms with Crippen LogP contribution in [0.5, 0.6) is 0 Å². The van der Waals surface area contributed by atoms with Gasteiger partial charge < -0.3 is 10.6 Å². The van der Waals surface area contributed by atoms with E-state index >= 15 is 0 Å². The van der Waals surface area contributed by atoms with E-state index in [-0.39, 0.29) is 17.7 Å². The summed E-state index contributed by atoms with van der Waals surface area (Å²) in [6.45, 7) is 8.46. The summed E-state index contributed by atoms with van der Waals surface area (Å²) < 4.78 is 0. The average molecular weight is 290 g/mol. The minimum absolute atomic E-state index is 0.00439. The topological polar surface area (TPSA) is 58.2 Å². The van der Waals surface area contributed by atoms with Crippen molar-refractivity contribution >= 4 is 17.5 Å². The summed E-state index contributed by atoms with van der Waals surface area (Å²) in [7, 11) is 0. The van der Waals surface area contributed by atoms with Crippen LogP contribution in [0.25, 0.3) is 0 Å². The number of benzene rings is 1. The van der Waals surface area contributed by atoms with Gasteiger partial charge in [-0.1, -0.05) is 39.8 Å². The first-order chi connectivity index (χ1) is 9.88. The highest BCUT2D eigenvalue weighted by Gasteiger charge is 2.07. The van der Waals surface area contributed by atoms with Gasteiger partial charge in [-0.2, -0.15) is 0 Å². The van der Waals surface area contributed by atoms with Crippen LogP contribution < -0.4 is 10.6 Å². The van der Waals surface area contributed by atoms with E-state index in [2.05, 4.69) is 24.5 Å². The number of amides is 2. The van der Waals surface area contributed by atoms with E-state index in [1.807, 2.05) is 38.1 Å². The summed E-state index contributed by atoms with van der Waals surface area (Å²) in [4.78, 5) is 23.2. The van der Waals surface area contributed by atoms with Crippen LogP contribution in [0.15, 0.2) is 24.3 Å². The van der Waals surface area contributed by atoms with Crippen molar-refractivity contribution in [2.24, 2.45) is 11.8 Å². The van der Waals surface area contributed by atoms with E-state index in [9.17, 15) is 9.59 Å². The molecule has 0 unspecified atom stereocenters. The van der Waals surface area contributed by atoms with Crippen LogP contribution in [-0.4, -0.2) is 11.8 Å². The molecule has 0 saturated carbocycles. The lowest BCUT2D eigenvalue weighted by atomic mass is 10.1. The van der Waals surface area contributed by atoms with Crippen molar-refractivity contribution in [1.29, 1.82) is 0 Å². The Balaban J connectivity index is 2.41. The minimum atomic E-state index is -0.0371. The Hall–Kier alpha value is -1.84. The first kappa shape index (κ1) is 17.2. The molecular weight excluding hydrogens is 264 g/mol. The molecule has 0 fully saturated rings. The van der Waals surface area contributed by atoms with Gasteiger partial charge in [0.1, 0.15) is 0 Å². The molecule has 21 heavy (non-hydrogen) atoms. The molecule has 0 aliphatic heterocycles. The summed E-state index contributed by atoms with van der Waals surface area (Å²) >= 11 is 0. The molecule has 0 aliphatic rings. The fourth-order valence-corrected chi connectivity index (χ4v) is 1.70. The normalized spacial score (nSPS) is 10.8. The zero-order chi connectivity index (χ0) is 15.8. The van der Waals surface area contributed by atoms with Crippen molar-refractivity contribution in [2.45, 2.75) is 47.1 Å². The van der Waals surface area contributed by atoms with Crippen LogP contribution >= 0.6 is 0 Å². The Morgan fingerprint density at radius 1 is 1.05 bits per heavy atom. The molecule has 0 radical (unpaired) electrons. The second kappa shape index (κ2) is 8.45. The van der Waals surface area contributed by atoms with Crippen LogP contribution in [-0.2, 0) is 16.1 Å². The van der Waals surface area contributed by atoms with Crippen molar-refractivity contribution in [3.8, 4) is 0 Å². The zero-order valence-corrected chi connectivity index (χ0v) is 13.4. The molecular formula is C17H26N2O2. The SMILES string of the molecule is CC(C)CCC(=O)NCc1ccc(NC(=O)C(C)C)cc1. The Kier molecular flexibility index (Phi) is 6.92. The molecule has 0 bridgehead atoms. The molecule has 2 N–H and O–H groups in total. The average Bonchev–Trinajstić information content (AvgIpc) is 2.44. The lowest BCUT2D eigenvalue weighted by molar-refractivity contribution is -0.121. The quantitative estimate of drug-likeness (QED) is 0.809. The number of carbonyl (C=O) groups is 2. The van der Waals surface area contributed by atoms with Gasteiger partial charge in [0.2, 0.25) is 11.8 Å². The lowest BCUT2D eigenvalue weighted by Crippen LogP contribution is -2.22. The van der Waals surface area contributed by atoms with Crippen LogP contribution in [0.3, 0.4) is 0 Å². The smallest absolute Gasteiger partial charge is 0.226 e. The van der Waals surface area contributed by atoms with Gasteiger partial charge in [-0.3, -0.25) is 9.59 Å². The third-order valence-corrected chi connectivity index (χ3v) is 3.18. The van der Waals surface area contributed by atoms with Gasteiger partial charge in [0.15, 0.2) is 0 Å². The number of carbonyl (C=O) groups excluding carboxylic acids is 2. The van der Waals surface area contributed by atoms with E-state index in [1.54, 1.807) is 0 Å². The highest BCUT2D eigenvalue weighted by atomic mass is 16.2. The number of hydrogen-bond donors (Lipinski definition) is 2. The van der Waals surface area contributed by atoms with Gasteiger partial charge in [-0.05, 0) is 30.0 Å². The summed E-state index contributed by atoms with van der Waals surface area (Å²) in [5, 5.41) is 5.75. The molecule has 4 nitrogen and oxygen atoms in total. The number of anilines is 1. The Morgan fingerprint density at radius 3 is 2.19 bits per heavy atom. The molecule has 116 valence electrons. The summed E-state index contributed by atoms with van der Waals surface area (Å²) in [5.41, 5.74) is 1.80. The van der Waals surface area contributed by atoms with Crippen molar-refractivity contribution in [1.82, 2.24) is 5.32 Å². The fourth-order valence-electron chi connectivity index (χ4n) is 1.70. The largest absolute Gasteiger partial charge is 0.352 e.